The number of carboxylic acid groups (broad SMARTS) is 1. The highest BCUT2D eigenvalue weighted by Gasteiger charge is 2.40. The lowest BCUT2D eigenvalue weighted by molar-refractivity contribution is -0.152. The molecule has 4 nitrogen and oxygen atoms in total. The second-order valence-electron chi connectivity index (χ2n) is 3.68. The van der Waals surface area contributed by atoms with Crippen LogP contribution in [0.25, 0.3) is 0 Å². The van der Waals surface area contributed by atoms with Gasteiger partial charge in [-0.25, -0.2) is 0 Å². The number of hydrogen-bond donors (Lipinski definition) is 1. The predicted molar refractivity (Wildman–Crippen MR) is 56.6 cm³/mol. The van der Waals surface area contributed by atoms with Crippen LogP contribution >= 0.6 is 11.8 Å². The smallest absolute Gasteiger partial charge is 0.307 e. The molecule has 0 aromatic rings. The molecule has 0 aromatic heterocycles. The van der Waals surface area contributed by atoms with Crippen LogP contribution in [0.2, 0.25) is 0 Å². The number of carboxylic acids is 1. The van der Waals surface area contributed by atoms with Gasteiger partial charge in [0, 0.05) is 25.0 Å². The third-order valence-electron chi connectivity index (χ3n) is 2.66. The molecule has 1 aliphatic carbocycles. The molecule has 1 N–H and O–H groups in total. The van der Waals surface area contributed by atoms with E-state index in [0.717, 1.165) is 11.8 Å². The number of ketones is 1. The van der Waals surface area contributed by atoms with Crippen molar-refractivity contribution in [3.8, 4) is 0 Å². The topological polar surface area (TPSA) is 71.4 Å². The number of Topliss-reactive ketones (excluding diaryl/α,β-unsaturated/α-hetero) is 1. The van der Waals surface area contributed by atoms with Gasteiger partial charge in [0.25, 0.3) is 0 Å². The average Bonchev–Trinajstić information content (AvgIpc) is 1.99. The summed E-state index contributed by atoms with van der Waals surface area (Å²) in [6.07, 6.45) is 1.59. The first-order valence-electron chi connectivity index (χ1n) is 4.91. The minimum Gasteiger partial charge on any atom is -0.481 e. The van der Waals surface area contributed by atoms with Crippen molar-refractivity contribution in [1.82, 2.24) is 0 Å². The SMILES string of the molecule is CC(=O)SCCC(=O)[C@H]1CC[C@H]1C(=O)O. The Bertz CT molecular complexity index is 287. The molecule has 0 aromatic carbocycles. The van der Waals surface area contributed by atoms with E-state index in [9.17, 15) is 14.4 Å². The van der Waals surface area contributed by atoms with Crippen molar-refractivity contribution in [2.45, 2.75) is 26.2 Å². The molecule has 84 valence electrons. The first kappa shape index (κ1) is 12.2. The average molecular weight is 230 g/mol. The van der Waals surface area contributed by atoms with Gasteiger partial charge < -0.3 is 5.11 Å². The van der Waals surface area contributed by atoms with Crippen LogP contribution in [0.1, 0.15) is 26.2 Å². The van der Waals surface area contributed by atoms with Crippen LogP contribution in [0.4, 0.5) is 0 Å². The molecule has 0 heterocycles. The van der Waals surface area contributed by atoms with Crippen LogP contribution in [-0.2, 0) is 14.4 Å². The predicted octanol–water partition coefficient (Wildman–Crippen LogP) is 1.34. The Morgan fingerprint density at radius 3 is 2.27 bits per heavy atom. The molecular weight excluding hydrogens is 216 g/mol. The zero-order valence-electron chi connectivity index (χ0n) is 8.56. The summed E-state index contributed by atoms with van der Waals surface area (Å²) in [6.45, 7) is 1.46. The summed E-state index contributed by atoms with van der Waals surface area (Å²) in [7, 11) is 0. The fourth-order valence-electron chi connectivity index (χ4n) is 1.66. The van der Waals surface area contributed by atoms with Gasteiger partial charge in [-0.1, -0.05) is 11.8 Å². The molecule has 0 spiro atoms. The maximum atomic E-state index is 11.5. The Morgan fingerprint density at radius 2 is 1.87 bits per heavy atom. The van der Waals surface area contributed by atoms with Gasteiger partial charge in [-0.3, -0.25) is 14.4 Å². The summed E-state index contributed by atoms with van der Waals surface area (Å²) in [5, 5.41) is 8.75. The molecule has 5 heteroatoms. The van der Waals surface area contributed by atoms with Gasteiger partial charge in [-0.15, -0.1) is 0 Å². The third kappa shape index (κ3) is 3.34. The number of aliphatic carboxylic acids is 1. The van der Waals surface area contributed by atoms with E-state index in [4.69, 9.17) is 5.11 Å². The van der Waals surface area contributed by atoms with Gasteiger partial charge in [0.2, 0.25) is 0 Å². The van der Waals surface area contributed by atoms with E-state index in [0.29, 0.717) is 25.0 Å². The summed E-state index contributed by atoms with van der Waals surface area (Å²) in [6, 6.07) is 0. The van der Waals surface area contributed by atoms with Gasteiger partial charge in [0.1, 0.15) is 5.78 Å². The molecule has 1 aliphatic rings. The Morgan fingerprint density at radius 1 is 1.27 bits per heavy atom. The third-order valence-corrected chi connectivity index (χ3v) is 3.47. The van der Waals surface area contributed by atoms with Crippen LogP contribution < -0.4 is 0 Å². The minimum absolute atomic E-state index is 0.00815. The molecule has 0 bridgehead atoms. The maximum absolute atomic E-state index is 11.5. The van der Waals surface area contributed by atoms with E-state index >= 15 is 0 Å². The van der Waals surface area contributed by atoms with Crippen LogP contribution in [0.5, 0.6) is 0 Å². The normalized spacial score (nSPS) is 24.3. The first-order chi connectivity index (χ1) is 7.02. The molecule has 0 amide bonds. The van der Waals surface area contributed by atoms with E-state index in [-0.39, 0.29) is 16.8 Å². The number of hydrogen-bond acceptors (Lipinski definition) is 4. The molecule has 15 heavy (non-hydrogen) atoms. The maximum Gasteiger partial charge on any atom is 0.307 e. The highest BCUT2D eigenvalue weighted by Crippen LogP contribution is 2.36. The van der Waals surface area contributed by atoms with Gasteiger partial charge in [0.05, 0.1) is 5.92 Å². The van der Waals surface area contributed by atoms with Crippen LogP contribution in [0.3, 0.4) is 0 Å². The monoisotopic (exact) mass is 230 g/mol. The standard InChI is InChI=1S/C10H14O4S/c1-6(11)15-5-4-9(12)7-2-3-8(7)10(13)14/h7-8H,2-5H2,1H3,(H,13,14)/t7-,8+/m0/s1. The van der Waals surface area contributed by atoms with Crippen molar-refractivity contribution in [2.75, 3.05) is 5.75 Å². The van der Waals surface area contributed by atoms with Crippen LogP contribution in [0, 0.1) is 11.8 Å². The quantitative estimate of drug-likeness (QED) is 0.771. The fraction of sp³-hybridized carbons (Fsp3) is 0.700. The zero-order valence-corrected chi connectivity index (χ0v) is 9.38. The molecule has 1 rings (SSSR count). The van der Waals surface area contributed by atoms with Crippen molar-refractivity contribution in [3.63, 3.8) is 0 Å². The highest BCUT2D eigenvalue weighted by atomic mass is 32.2. The van der Waals surface area contributed by atoms with Crippen LogP contribution in [-0.4, -0.2) is 27.7 Å². The second-order valence-corrected chi connectivity index (χ2v) is 4.96. The summed E-state index contributed by atoms with van der Waals surface area (Å²) >= 11 is 1.11. The van der Waals surface area contributed by atoms with Crippen LogP contribution in [0.15, 0.2) is 0 Å². The van der Waals surface area contributed by atoms with Gasteiger partial charge in [-0.05, 0) is 12.8 Å². The highest BCUT2D eigenvalue weighted by molar-refractivity contribution is 8.13. The zero-order chi connectivity index (χ0) is 11.4. The van der Waals surface area contributed by atoms with E-state index < -0.39 is 11.9 Å². The molecule has 0 radical (unpaired) electrons. The van der Waals surface area contributed by atoms with Crippen molar-refractivity contribution >= 4 is 28.6 Å². The first-order valence-corrected chi connectivity index (χ1v) is 5.90. The summed E-state index contributed by atoms with van der Waals surface area (Å²) in [5.74, 6) is -1.21. The largest absolute Gasteiger partial charge is 0.481 e. The molecule has 1 saturated carbocycles. The molecule has 0 saturated heterocycles. The van der Waals surface area contributed by atoms with Gasteiger partial charge >= 0.3 is 5.97 Å². The summed E-state index contributed by atoms with van der Waals surface area (Å²) < 4.78 is 0. The Kier molecular flexibility index (Phi) is 4.32. The van der Waals surface area contributed by atoms with Gasteiger partial charge in [-0.2, -0.15) is 0 Å². The van der Waals surface area contributed by atoms with Crippen molar-refractivity contribution in [2.24, 2.45) is 11.8 Å². The summed E-state index contributed by atoms with van der Waals surface area (Å²) in [5.41, 5.74) is 0. The molecular formula is C10H14O4S. The molecule has 0 unspecified atom stereocenters. The number of rotatable bonds is 5. The lowest BCUT2D eigenvalue weighted by Gasteiger charge is -2.31. The van der Waals surface area contributed by atoms with Crippen molar-refractivity contribution in [1.29, 1.82) is 0 Å². The van der Waals surface area contributed by atoms with Crippen molar-refractivity contribution < 1.29 is 19.5 Å². The van der Waals surface area contributed by atoms with Gasteiger partial charge in [0.15, 0.2) is 5.12 Å². The second kappa shape index (κ2) is 5.30. The van der Waals surface area contributed by atoms with E-state index in [1.165, 1.54) is 6.92 Å². The Labute approximate surface area is 92.4 Å². The molecule has 0 aliphatic heterocycles. The lowest BCUT2D eigenvalue weighted by Crippen LogP contribution is -2.38. The number of carbonyl (C=O) groups is 3. The van der Waals surface area contributed by atoms with E-state index in [1.807, 2.05) is 0 Å². The van der Waals surface area contributed by atoms with Crippen molar-refractivity contribution in [3.05, 3.63) is 0 Å². The molecule has 2 atom stereocenters. The summed E-state index contributed by atoms with van der Waals surface area (Å²) in [4.78, 5) is 32.8. The Balaban J connectivity index is 2.29. The van der Waals surface area contributed by atoms with E-state index in [1.54, 1.807) is 0 Å². The molecule has 1 fully saturated rings. The fourth-order valence-corrected chi connectivity index (χ4v) is 2.25. The number of thioether (sulfide) groups is 1. The number of carbonyl (C=O) groups excluding carboxylic acids is 2. The van der Waals surface area contributed by atoms with E-state index in [2.05, 4.69) is 0 Å². The minimum atomic E-state index is -0.876. The lowest BCUT2D eigenvalue weighted by atomic mass is 9.71. The Hall–Kier alpha value is -0.840.